The van der Waals surface area contributed by atoms with E-state index in [9.17, 15) is 0 Å². The van der Waals surface area contributed by atoms with Gasteiger partial charge in [0.25, 0.3) is 0 Å². The molecule has 122 valence electrons. The van der Waals surface area contributed by atoms with Crippen molar-refractivity contribution in [1.29, 1.82) is 0 Å². The molecular formula is C16H18Cl2N4O. The average Bonchev–Trinajstić information content (AvgIpc) is 2.49. The SMILES string of the molecule is COc1cccc2c(Nc3ccccc3C)nc(N)nc12.Cl.[Cl-].[H+]. The van der Waals surface area contributed by atoms with Gasteiger partial charge in [0.05, 0.1) is 7.11 Å². The van der Waals surface area contributed by atoms with Crippen LogP contribution in [0.25, 0.3) is 10.9 Å². The van der Waals surface area contributed by atoms with E-state index in [2.05, 4.69) is 15.3 Å². The highest BCUT2D eigenvalue weighted by Gasteiger charge is 2.11. The molecule has 5 nitrogen and oxygen atoms in total. The molecule has 0 saturated heterocycles. The van der Waals surface area contributed by atoms with Gasteiger partial charge in [-0.25, -0.2) is 4.98 Å². The van der Waals surface area contributed by atoms with Crippen molar-refractivity contribution in [3.63, 3.8) is 0 Å². The van der Waals surface area contributed by atoms with E-state index >= 15 is 0 Å². The summed E-state index contributed by atoms with van der Waals surface area (Å²) in [6.07, 6.45) is 0. The Hall–Kier alpha value is -2.24. The molecule has 0 aliphatic rings. The van der Waals surface area contributed by atoms with E-state index in [4.69, 9.17) is 10.5 Å². The normalized spacial score (nSPS) is 9.65. The van der Waals surface area contributed by atoms with Gasteiger partial charge in [-0.1, -0.05) is 24.3 Å². The predicted octanol–water partition coefficient (Wildman–Crippen LogP) is 0.811. The summed E-state index contributed by atoms with van der Waals surface area (Å²) in [6.45, 7) is 2.04. The van der Waals surface area contributed by atoms with Crippen LogP contribution in [0.2, 0.25) is 0 Å². The minimum Gasteiger partial charge on any atom is -1.00 e. The lowest BCUT2D eigenvalue weighted by atomic mass is 10.2. The Labute approximate surface area is 148 Å². The van der Waals surface area contributed by atoms with E-state index in [0.29, 0.717) is 17.1 Å². The zero-order chi connectivity index (χ0) is 14.8. The smallest absolute Gasteiger partial charge is 1.00 e. The molecule has 0 spiro atoms. The van der Waals surface area contributed by atoms with Crippen LogP contribution >= 0.6 is 12.4 Å². The Balaban J connectivity index is 0.00000176. The third kappa shape index (κ3) is 3.75. The fourth-order valence-electron chi connectivity index (χ4n) is 2.24. The van der Waals surface area contributed by atoms with Gasteiger partial charge in [0, 0.05) is 11.1 Å². The van der Waals surface area contributed by atoms with E-state index in [-0.39, 0.29) is 32.2 Å². The standard InChI is InChI=1S/C16H16N4O.2ClH/c1-10-6-3-4-8-12(10)18-15-11-7-5-9-13(21-2)14(11)19-16(17)20-15;;/h3-9H,1-2H3,(H3,17,18,19,20);2*1H. The quantitative estimate of drug-likeness (QED) is 0.729. The minimum absolute atomic E-state index is 0. The van der Waals surface area contributed by atoms with Gasteiger partial charge in [-0.15, -0.1) is 12.4 Å². The largest absolute Gasteiger partial charge is 1.00 e. The second kappa shape index (κ2) is 7.85. The van der Waals surface area contributed by atoms with Crippen LogP contribution in [0, 0.1) is 6.92 Å². The fourth-order valence-corrected chi connectivity index (χ4v) is 2.24. The molecule has 1 heterocycles. The second-order valence-corrected chi connectivity index (χ2v) is 4.73. The first kappa shape index (κ1) is 18.8. The van der Waals surface area contributed by atoms with Gasteiger partial charge in [0.1, 0.15) is 17.1 Å². The number of halogens is 2. The summed E-state index contributed by atoms with van der Waals surface area (Å²) < 4.78 is 5.34. The third-order valence-electron chi connectivity index (χ3n) is 3.32. The summed E-state index contributed by atoms with van der Waals surface area (Å²) in [5.41, 5.74) is 8.64. The molecule has 0 amide bonds. The van der Waals surface area contributed by atoms with Crippen molar-refractivity contribution in [1.82, 2.24) is 9.97 Å². The highest BCUT2D eigenvalue weighted by molar-refractivity contribution is 5.95. The van der Waals surface area contributed by atoms with Crippen LogP contribution in [-0.2, 0) is 0 Å². The number of benzene rings is 2. The first-order chi connectivity index (χ1) is 10.2. The van der Waals surface area contributed by atoms with Crippen molar-refractivity contribution >= 4 is 40.8 Å². The van der Waals surface area contributed by atoms with E-state index in [0.717, 1.165) is 16.6 Å². The van der Waals surface area contributed by atoms with Crippen LogP contribution in [0.1, 0.15) is 6.99 Å². The zero-order valence-corrected chi connectivity index (χ0v) is 14.3. The molecule has 3 aromatic rings. The molecule has 2 aromatic carbocycles. The maximum absolute atomic E-state index is 5.82. The Bertz CT molecular complexity index is 817. The number of aryl methyl sites for hydroxylation is 1. The molecule has 0 fully saturated rings. The molecule has 0 radical (unpaired) electrons. The summed E-state index contributed by atoms with van der Waals surface area (Å²) in [5.74, 6) is 1.56. The number of methoxy groups -OCH3 is 1. The molecule has 0 bridgehead atoms. The van der Waals surface area contributed by atoms with Crippen molar-refractivity contribution in [3.05, 3.63) is 48.0 Å². The highest BCUT2D eigenvalue weighted by atomic mass is 35.5. The molecule has 0 atom stereocenters. The van der Waals surface area contributed by atoms with Gasteiger partial charge in [0.2, 0.25) is 5.95 Å². The van der Waals surface area contributed by atoms with Crippen LogP contribution in [-0.4, -0.2) is 17.1 Å². The molecular weight excluding hydrogens is 335 g/mol. The van der Waals surface area contributed by atoms with Gasteiger partial charge in [-0.3, -0.25) is 0 Å². The summed E-state index contributed by atoms with van der Waals surface area (Å²) in [6, 6.07) is 13.7. The van der Waals surface area contributed by atoms with Crippen LogP contribution in [0.4, 0.5) is 17.5 Å². The molecule has 3 rings (SSSR count). The van der Waals surface area contributed by atoms with Gasteiger partial charge in [0.15, 0.2) is 0 Å². The number of nitrogens with zero attached hydrogens (tertiary/aromatic N) is 2. The van der Waals surface area contributed by atoms with Crippen LogP contribution in [0.5, 0.6) is 5.75 Å². The van der Waals surface area contributed by atoms with Crippen LogP contribution in [0.3, 0.4) is 0 Å². The summed E-state index contributed by atoms with van der Waals surface area (Å²) in [4.78, 5) is 8.59. The molecule has 7 heteroatoms. The maximum Gasteiger partial charge on any atom is 1.00 e. The molecule has 0 unspecified atom stereocenters. The van der Waals surface area contributed by atoms with E-state index in [1.165, 1.54) is 0 Å². The van der Waals surface area contributed by atoms with Crippen LogP contribution in [0.15, 0.2) is 42.5 Å². The summed E-state index contributed by atoms with van der Waals surface area (Å²) >= 11 is 0. The molecule has 0 aliphatic heterocycles. The second-order valence-electron chi connectivity index (χ2n) is 4.73. The molecule has 0 saturated carbocycles. The topological polar surface area (TPSA) is 73.1 Å². The van der Waals surface area contributed by atoms with E-state index < -0.39 is 0 Å². The number of anilines is 3. The Morgan fingerprint density at radius 1 is 1.09 bits per heavy atom. The predicted molar refractivity (Wildman–Crippen MR) is 93.3 cm³/mol. The minimum atomic E-state index is 0. The number of hydrogen-bond acceptors (Lipinski definition) is 5. The number of fused-ring (bicyclic) bond motifs is 1. The van der Waals surface area contributed by atoms with Gasteiger partial charge in [-0.05, 0) is 30.7 Å². The molecule has 3 N–H and O–H groups in total. The first-order valence-electron chi connectivity index (χ1n) is 6.62. The number of hydrogen-bond donors (Lipinski definition) is 2. The Morgan fingerprint density at radius 2 is 1.83 bits per heavy atom. The fraction of sp³-hybridized carbons (Fsp3) is 0.125. The number of rotatable bonds is 3. The lowest BCUT2D eigenvalue weighted by Crippen LogP contribution is -3.00. The highest BCUT2D eigenvalue weighted by Crippen LogP contribution is 2.30. The Morgan fingerprint density at radius 3 is 2.52 bits per heavy atom. The van der Waals surface area contributed by atoms with Gasteiger partial charge in [-0.2, -0.15) is 4.98 Å². The zero-order valence-electron chi connectivity index (χ0n) is 13.7. The van der Waals surface area contributed by atoms with Crippen molar-refractivity contribution < 1.29 is 18.6 Å². The summed E-state index contributed by atoms with van der Waals surface area (Å²) in [5, 5.41) is 4.19. The maximum atomic E-state index is 5.82. The number of nitrogens with one attached hydrogen (secondary N) is 1. The number of aromatic nitrogens is 2. The lowest BCUT2D eigenvalue weighted by Gasteiger charge is -2.12. The number of nitrogens with two attached hydrogens (primary N) is 1. The number of ether oxygens (including phenoxy) is 1. The van der Waals surface area contributed by atoms with Crippen molar-refractivity contribution in [3.8, 4) is 5.75 Å². The van der Waals surface area contributed by atoms with E-state index in [1.807, 2.05) is 49.4 Å². The molecule has 0 aliphatic carbocycles. The van der Waals surface area contributed by atoms with E-state index in [1.54, 1.807) is 7.11 Å². The molecule has 23 heavy (non-hydrogen) atoms. The van der Waals surface area contributed by atoms with Crippen LogP contribution < -0.4 is 28.2 Å². The van der Waals surface area contributed by atoms with Crippen molar-refractivity contribution in [2.75, 3.05) is 18.2 Å². The number of para-hydroxylation sites is 2. The first-order valence-corrected chi connectivity index (χ1v) is 6.62. The lowest BCUT2D eigenvalue weighted by molar-refractivity contribution is -0.00000489. The Kier molecular flexibility index (Phi) is 6.42. The van der Waals surface area contributed by atoms with Crippen molar-refractivity contribution in [2.24, 2.45) is 0 Å². The third-order valence-corrected chi connectivity index (χ3v) is 3.32. The van der Waals surface area contributed by atoms with Crippen molar-refractivity contribution in [2.45, 2.75) is 6.92 Å². The van der Waals surface area contributed by atoms with Gasteiger partial charge < -0.3 is 28.2 Å². The summed E-state index contributed by atoms with van der Waals surface area (Å²) in [7, 11) is 1.61. The van der Waals surface area contributed by atoms with Gasteiger partial charge >= 0.3 is 1.43 Å². The monoisotopic (exact) mass is 352 g/mol. The average molecular weight is 353 g/mol. The number of nitrogen functional groups attached to an aromatic ring is 1. The molecule has 1 aromatic heterocycles.